The zero-order valence-electron chi connectivity index (χ0n) is 12.7. The molecule has 0 spiro atoms. The molecule has 1 aromatic rings. The van der Waals surface area contributed by atoms with E-state index in [2.05, 4.69) is 66.4 Å². The number of likely N-dealkylation sites (N-methyl/N-ethyl adjacent to an activating group) is 1. The van der Waals surface area contributed by atoms with E-state index in [1.165, 1.54) is 5.56 Å². The highest BCUT2D eigenvalue weighted by Gasteiger charge is 2.29. The van der Waals surface area contributed by atoms with Crippen molar-refractivity contribution in [2.24, 2.45) is 4.99 Å². The molecule has 0 aliphatic carbocycles. The molecule has 0 atom stereocenters. The fraction of sp³-hybridized carbons (Fsp3) is 0.562. The van der Waals surface area contributed by atoms with Crippen LogP contribution in [0.2, 0.25) is 0 Å². The van der Waals surface area contributed by atoms with Crippen LogP contribution in [0.5, 0.6) is 0 Å². The second kappa shape index (κ2) is 7.86. The predicted molar refractivity (Wildman–Crippen MR) is 97.1 cm³/mol. The van der Waals surface area contributed by atoms with E-state index in [0.29, 0.717) is 0 Å². The van der Waals surface area contributed by atoms with Crippen LogP contribution in [0.25, 0.3) is 0 Å². The smallest absolute Gasteiger partial charge is 0.193 e. The minimum Gasteiger partial charge on any atom is -0.355 e. The van der Waals surface area contributed by atoms with E-state index in [9.17, 15) is 0 Å². The number of nitrogens with zero attached hydrogens (tertiary/aromatic N) is 2. The molecule has 20 heavy (non-hydrogen) atoms. The first-order valence-corrected chi connectivity index (χ1v) is 7.27. The van der Waals surface area contributed by atoms with Crippen LogP contribution in [0.4, 0.5) is 0 Å². The second-order valence-corrected chi connectivity index (χ2v) is 5.33. The summed E-state index contributed by atoms with van der Waals surface area (Å²) in [5, 5.41) is 3.55. The Morgan fingerprint density at radius 3 is 2.35 bits per heavy atom. The van der Waals surface area contributed by atoms with Crippen LogP contribution in [0.3, 0.4) is 0 Å². The summed E-state index contributed by atoms with van der Waals surface area (Å²) in [5.74, 6) is 1.04. The van der Waals surface area contributed by atoms with E-state index in [4.69, 9.17) is 0 Å². The number of rotatable bonds is 5. The summed E-state index contributed by atoms with van der Waals surface area (Å²) in [4.78, 5) is 6.71. The van der Waals surface area contributed by atoms with Gasteiger partial charge in [-0.1, -0.05) is 44.2 Å². The molecule has 1 N–H and O–H groups in total. The molecular weight excluding hydrogens is 361 g/mol. The van der Waals surface area contributed by atoms with E-state index in [1.807, 2.05) is 0 Å². The van der Waals surface area contributed by atoms with Gasteiger partial charge in [-0.2, -0.15) is 0 Å². The average Bonchev–Trinajstić information content (AvgIpc) is 2.87. The first-order chi connectivity index (χ1) is 9.22. The van der Waals surface area contributed by atoms with Crippen LogP contribution in [0.15, 0.2) is 35.3 Å². The molecule has 0 saturated carbocycles. The molecule has 0 saturated heterocycles. The Balaban J connectivity index is 0.00000200. The number of guanidine groups is 1. The van der Waals surface area contributed by atoms with Crippen LogP contribution < -0.4 is 5.32 Å². The topological polar surface area (TPSA) is 27.6 Å². The summed E-state index contributed by atoms with van der Waals surface area (Å²) in [6, 6.07) is 10.8. The number of hydrogen-bond donors (Lipinski definition) is 1. The van der Waals surface area contributed by atoms with Gasteiger partial charge in [0.05, 0.1) is 6.54 Å². The molecule has 0 fully saturated rings. The van der Waals surface area contributed by atoms with Gasteiger partial charge in [0, 0.05) is 25.6 Å². The summed E-state index contributed by atoms with van der Waals surface area (Å²) in [5.41, 5.74) is 1.63. The Morgan fingerprint density at radius 1 is 1.20 bits per heavy atom. The number of aliphatic imine (C=N–C) groups is 1. The Morgan fingerprint density at radius 2 is 1.85 bits per heavy atom. The summed E-state index contributed by atoms with van der Waals surface area (Å²) < 4.78 is 0. The van der Waals surface area contributed by atoms with Crippen molar-refractivity contribution in [3.8, 4) is 0 Å². The molecule has 0 bridgehead atoms. The Labute approximate surface area is 139 Å². The molecule has 0 radical (unpaired) electrons. The molecule has 1 aromatic carbocycles. The van der Waals surface area contributed by atoms with Gasteiger partial charge in [-0.05, 0) is 18.4 Å². The Hall–Kier alpha value is -0.780. The fourth-order valence-corrected chi connectivity index (χ4v) is 2.77. The summed E-state index contributed by atoms with van der Waals surface area (Å²) >= 11 is 0. The van der Waals surface area contributed by atoms with Crippen molar-refractivity contribution in [1.29, 1.82) is 0 Å². The molecule has 4 heteroatoms. The van der Waals surface area contributed by atoms with Crippen LogP contribution in [0.1, 0.15) is 32.3 Å². The maximum atomic E-state index is 4.51. The number of nitrogens with one attached hydrogen (secondary N) is 1. The summed E-state index contributed by atoms with van der Waals surface area (Å²) in [6.45, 7) is 7.44. The predicted octanol–water partition coefficient (Wildman–Crippen LogP) is 3.25. The Kier molecular flexibility index (Phi) is 6.79. The van der Waals surface area contributed by atoms with E-state index in [-0.39, 0.29) is 29.4 Å². The molecular formula is C16H26IN3. The van der Waals surface area contributed by atoms with E-state index in [0.717, 1.165) is 38.4 Å². The van der Waals surface area contributed by atoms with Crippen LogP contribution in [-0.4, -0.2) is 37.5 Å². The van der Waals surface area contributed by atoms with Crippen LogP contribution in [-0.2, 0) is 5.41 Å². The highest BCUT2D eigenvalue weighted by Crippen LogP contribution is 2.30. The number of hydrogen-bond acceptors (Lipinski definition) is 3. The van der Waals surface area contributed by atoms with Gasteiger partial charge in [-0.25, -0.2) is 0 Å². The maximum absolute atomic E-state index is 4.51. The SMILES string of the molecule is CCC(CC)(CNC1=NCCN1C)c1ccccc1.I. The normalized spacial score (nSPS) is 14.8. The van der Waals surface area contributed by atoms with Crippen molar-refractivity contribution in [2.45, 2.75) is 32.1 Å². The maximum Gasteiger partial charge on any atom is 0.193 e. The summed E-state index contributed by atoms with van der Waals surface area (Å²) in [6.07, 6.45) is 2.27. The van der Waals surface area contributed by atoms with Crippen molar-refractivity contribution in [2.75, 3.05) is 26.7 Å². The summed E-state index contributed by atoms with van der Waals surface area (Å²) in [7, 11) is 2.10. The van der Waals surface area contributed by atoms with E-state index < -0.39 is 0 Å². The van der Waals surface area contributed by atoms with Gasteiger partial charge in [0.15, 0.2) is 5.96 Å². The molecule has 0 aromatic heterocycles. The molecule has 112 valence electrons. The van der Waals surface area contributed by atoms with Crippen molar-refractivity contribution >= 4 is 29.9 Å². The Bertz CT molecular complexity index is 427. The minimum atomic E-state index is 0. The first kappa shape index (κ1) is 17.3. The van der Waals surface area contributed by atoms with Crippen LogP contribution >= 0.6 is 24.0 Å². The third kappa shape index (κ3) is 3.65. The molecule has 3 nitrogen and oxygen atoms in total. The minimum absolute atomic E-state index is 0. The van der Waals surface area contributed by atoms with Gasteiger partial charge >= 0.3 is 0 Å². The third-order valence-corrected chi connectivity index (χ3v) is 4.38. The molecule has 1 aliphatic heterocycles. The molecule has 0 unspecified atom stereocenters. The molecule has 1 aliphatic rings. The van der Waals surface area contributed by atoms with Crippen molar-refractivity contribution in [3.63, 3.8) is 0 Å². The monoisotopic (exact) mass is 387 g/mol. The van der Waals surface area contributed by atoms with Gasteiger partial charge in [0.25, 0.3) is 0 Å². The fourth-order valence-electron chi connectivity index (χ4n) is 2.77. The highest BCUT2D eigenvalue weighted by molar-refractivity contribution is 14.0. The zero-order chi connectivity index (χ0) is 13.7. The van der Waals surface area contributed by atoms with Crippen molar-refractivity contribution < 1.29 is 0 Å². The van der Waals surface area contributed by atoms with Gasteiger partial charge in [-0.15, -0.1) is 24.0 Å². The number of halogens is 1. The van der Waals surface area contributed by atoms with Gasteiger partial charge in [0.2, 0.25) is 0 Å². The largest absolute Gasteiger partial charge is 0.355 e. The van der Waals surface area contributed by atoms with E-state index in [1.54, 1.807) is 0 Å². The highest BCUT2D eigenvalue weighted by atomic mass is 127. The second-order valence-electron chi connectivity index (χ2n) is 5.33. The number of benzene rings is 1. The molecule has 1 heterocycles. The van der Waals surface area contributed by atoms with E-state index >= 15 is 0 Å². The molecule has 2 rings (SSSR count). The van der Waals surface area contributed by atoms with Gasteiger partial charge < -0.3 is 10.2 Å². The third-order valence-electron chi connectivity index (χ3n) is 4.38. The zero-order valence-corrected chi connectivity index (χ0v) is 15.1. The molecule has 0 amide bonds. The van der Waals surface area contributed by atoms with Crippen molar-refractivity contribution in [3.05, 3.63) is 35.9 Å². The first-order valence-electron chi connectivity index (χ1n) is 7.27. The van der Waals surface area contributed by atoms with Gasteiger partial charge in [-0.3, -0.25) is 4.99 Å². The standard InChI is InChI=1S/C16H25N3.HI/c1-4-16(5-2,14-9-7-6-8-10-14)13-18-15-17-11-12-19(15)3;/h6-10H,4-5,11-13H2,1-3H3,(H,17,18);1H. The van der Waals surface area contributed by atoms with Crippen LogP contribution in [0, 0.1) is 0 Å². The lowest BCUT2D eigenvalue weighted by Crippen LogP contribution is -2.44. The lowest BCUT2D eigenvalue weighted by molar-refractivity contribution is 0.384. The van der Waals surface area contributed by atoms with Crippen molar-refractivity contribution in [1.82, 2.24) is 10.2 Å². The quantitative estimate of drug-likeness (QED) is 0.786. The average molecular weight is 387 g/mol. The lowest BCUT2D eigenvalue weighted by atomic mass is 9.76. The van der Waals surface area contributed by atoms with Gasteiger partial charge in [0.1, 0.15) is 0 Å². The lowest BCUT2D eigenvalue weighted by Gasteiger charge is -2.33.